The lowest BCUT2D eigenvalue weighted by molar-refractivity contribution is 0.0820. The molecule has 1 atom stereocenters. The van der Waals surface area contributed by atoms with Crippen LogP contribution in [0.5, 0.6) is 0 Å². The second-order valence-electron chi connectivity index (χ2n) is 3.72. The maximum absolute atomic E-state index is 11.6. The minimum Gasteiger partial charge on any atom is -0.394 e. The average Bonchev–Trinajstić information content (AvgIpc) is 2.70. The maximum atomic E-state index is 11.6. The Morgan fingerprint density at radius 2 is 2.24 bits per heavy atom. The van der Waals surface area contributed by atoms with Crippen molar-refractivity contribution in [1.29, 1.82) is 0 Å². The summed E-state index contributed by atoms with van der Waals surface area (Å²) in [6.07, 6.45) is 0.363. The molecule has 0 aromatic carbocycles. The van der Waals surface area contributed by atoms with Crippen LogP contribution in [0.2, 0.25) is 0 Å². The molecule has 2 aromatic rings. The molecule has 8 heteroatoms. The number of hydrogen-bond donors (Lipinski definition) is 3. The number of aliphatic hydroxyl groups excluding tert-OH is 2. The van der Waals surface area contributed by atoms with Gasteiger partial charge in [0.25, 0.3) is 5.56 Å². The van der Waals surface area contributed by atoms with Crippen molar-refractivity contribution in [3.63, 3.8) is 0 Å². The number of aromatic amines is 1. The summed E-state index contributed by atoms with van der Waals surface area (Å²) in [5.41, 5.74) is -0.676. The number of nitrogens with one attached hydrogen (secondary N) is 1. The molecule has 2 rings (SSSR count). The minimum absolute atomic E-state index is 0.0360. The van der Waals surface area contributed by atoms with Crippen molar-refractivity contribution in [2.24, 2.45) is 7.05 Å². The molecule has 0 saturated carbocycles. The number of aromatic nitrogens is 4. The van der Waals surface area contributed by atoms with Crippen LogP contribution < -0.4 is 11.2 Å². The first kappa shape index (κ1) is 11.6. The van der Waals surface area contributed by atoms with Gasteiger partial charge in [-0.25, -0.2) is 9.78 Å². The predicted octanol–water partition coefficient (Wildman–Crippen LogP) is -2.22. The monoisotopic (exact) mass is 240 g/mol. The summed E-state index contributed by atoms with van der Waals surface area (Å²) in [6.45, 7) is -0.377. The maximum Gasteiger partial charge on any atom is 0.329 e. The third-order valence-corrected chi connectivity index (χ3v) is 2.49. The molecule has 2 aromatic heterocycles. The van der Waals surface area contributed by atoms with E-state index in [1.165, 1.54) is 22.5 Å². The third kappa shape index (κ3) is 1.87. The highest BCUT2D eigenvalue weighted by Gasteiger charge is 2.13. The van der Waals surface area contributed by atoms with E-state index in [1.807, 2.05) is 0 Å². The molecule has 0 bridgehead atoms. The van der Waals surface area contributed by atoms with E-state index in [0.717, 1.165) is 0 Å². The largest absolute Gasteiger partial charge is 0.394 e. The van der Waals surface area contributed by atoms with Gasteiger partial charge in [-0.1, -0.05) is 0 Å². The lowest BCUT2D eigenvalue weighted by Crippen LogP contribution is -2.30. The number of nitrogens with zero attached hydrogens (tertiary/aromatic N) is 3. The van der Waals surface area contributed by atoms with E-state index in [0.29, 0.717) is 0 Å². The summed E-state index contributed by atoms with van der Waals surface area (Å²) in [5.74, 6) is 0. The molecule has 0 aliphatic carbocycles. The molecular weight excluding hydrogens is 228 g/mol. The number of imidazole rings is 1. The van der Waals surface area contributed by atoms with Gasteiger partial charge in [0.15, 0.2) is 11.2 Å². The molecular formula is C9H12N4O4. The van der Waals surface area contributed by atoms with Gasteiger partial charge in [0.05, 0.1) is 25.6 Å². The van der Waals surface area contributed by atoms with Crippen LogP contribution in [0.1, 0.15) is 0 Å². The molecule has 8 nitrogen and oxygen atoms in total. The van der Waals surface area contributed by atoms with E-state index in [2.05, 4.69) is 9.97 Å². The normalized spacial score (nSPS) is 13.1. The second-order valence-corrected chi connectivity index (χ2v) is 3.72. The third-order valence-electron chi connectivity index (χ3n) is 2.49. The van der Waals surface area contributed by atoms with Gasteiger partial charge in [0, 0.05) is 7.05 Å². The Bertz CT molecular complexity index is 653. The summed E-state index contributed by atoms with van der Waals surface area (Å²) in [7, 11) is 1.49. The molecule has 0 aliphatic heterocycles. The second kappa shape index (κ2) is 4.15. The van der Waals surface area contributed by atoms with Crippen LogP contribution in [0.3, 0.4) is 0 Å². The predicted molar refractivity (Wildman–Crippen MR) is 58.7 cm³/mol. The Hall–Kier alpha value is -1.93. The van der Waals surface area contributed by atoms with E-state index < -0.39 is 24.0 Å². The van der Waals surface area contributed by atoms with Crippen molar-refractivity contribution in [2.45, 2.75) is 12.6 Å². The highest BCUT2D eigenvalue weighted by Crippen LogP contribution is 2.05. The average molecular weight is 240 g/mol. The van der Waals surface area contributed by atoms with Crippen LogP contribution in [0.15, 0.2) is 15.9 Å². The Morgan fingerprint density at radius 1 is 1.53 bits per heavy atom. The fourth-order valence-electron chi connectivity index (χ4n) is 1.61. The van der Waals surface area contributed by atoms with Crippen molar-refractivity contribution >= 4 is 11.2 Å². The molecule has 0 aliphatic rings. The molecule has 0 unspecified atom stereocenters. The molecule has 0 saturated heterocycles. The molecule has 0 fully saturated rings. The van der Waals surface area contributed by atoms with E-state index in [4.69, 9.17) is 5.11 Å². The fraction of sp³-hybridized carbons (Fsp3) is 0.444. The van der Waals surface area contributed by atoms with E-state index >= 15 is 0 Å². The Kier molecular flexibility index (Phi) is 2.82. The highest BCUT2D eigenvalue weighted by molar-refractivity contribution is 5.69. The quantitative estimate of drug-likeness (QED) is 0.562. The number of hydrogen-bond acceptors (Lipinski definition) is 5. The van der Waals surface area contributed by atoms with Gasteiger partial charge in [0.2, 0.25) is 0 Å². The van der Waals surface area contributed by atoms with Crippen LogP contribution in [0.25, 0.3) is 11.2 Å². The van der Waals surface area contributed by atoms with Gasteiger partial charge in [-0.15, -0.1) is 0 Å². The Balaban J connectivity index is 2.65. The lowest BCUT2D eigenvalue weighted by atomic mass is 10.3. The number of aryl methyl sites for hydroxylation is 1. The molecule has 3 N–H and O–H groups in total. The van der Waals surface area contributed by atoms with Gasteiger partial charge in [0.1, 0.15) is 0 Å². The topological polar surface area (TPSA) is 113 Å². The van der Waals surface area contributed by atoms with Crippen LogP contribution >= 0.6 is 0 Å². The van der Waals surface area contributed by atoms with Crippen LogP contribution in [0, 0.1) is 0 Å². The molecule has 92 valence electrons. The van der Waals surface area contributed by atoms with E-state index in [-0.39, 0.29) is 17.7 Å². The summed E-state index contributed by atoms with van der Waals surface area (Å²) in [6, 6.07) is 0. The SMILES string of the molecule is Cn1c(=O)[nH]c(=O)c2c1ncn2C[C@@H](O)CO. The first-order valence-electron chi connectivity index (χ1n) is 4.97. The van der Waals surface area contributed by atoms with Crippen LogP contribution in [0.4, 0.5) is 0 Å². The summed E-state index contributed by atoms with van der Waals surface area (Å²) in [5, 5.41) is 18.1. The van der Waals surface area contributed by atoms with Crippen molar-refractivity contribution in [1.82, 2.24) is 19.1 Å². The van der Waals surface area contributed by atoms with Crippen LogP contribution in [-0.4, -0.2) is 42.0 Å². The smallest absolute Gasteiger partial charge is 0.329 e. The zero-order valence-corrected chi connectivity index (χ0v) is 9.12. The fourth-order valence-corrected chi connectivity index (χ4v) is 1.61. The van der Waals surface area contributed by atoms with E-state index in [9.17, 15) is 14.7 Å². The van der Waals surface area contributed by atoms with Gasteiger partial charge < -0.3 is 14.8 Å². The summed E-state index contributed by atoms with van der Waals surface area (Å²) in [4.78, 5) is 29.0. The number of H-pyrrole nitrogens is 1. The number of rotatable bonds is 3. The number of aliphatic hydroxyl groups is 2. The highest BCUT2D eigenvalue weighted by atomic mass is 16.3. The van der Waals surface area contributed by atoms with Crippen molar-refractivity contribution < 1.29 is 10.2 Å². The Labute approximate surface area is 94.8 Å². The van der Waals surface area contributed by atoms with E-state index in [1.54, 1.807) is 0 Å². The summed E-state index contributed by atoms with van der Waals surface area (Å²) >= 11 is 0. The first-order valence-corrected chi connectivity index (χ1v) is 4.97. The molecule has 2 heterocycles. The van der Waals surface area contributed by atoms with Gasteiger partial charge >= 0.3 is 5.69 Å². The Morgan fingerprint density at radius 3 is 2.88 bits per heavy atom. The molecule has 0 amide bonds. The van der Waals surface area contributed by atoms with Crippen molar-refractivity contribution in [3.05, 3.63) is 27.2 Å². The lowest BCUT2D eigenvalue weighted by Gasteiger charge is -2.08. The molecule has 0 radical (unpaired) electrons. The molecule has 17 heavy (non-hydrogen) atoms. The van der Waals surface area contributed by atoms with Crippen LogP contribution in [-0.2, 0) is 13.6 Å². The number of fused-ring (bicyclic) bond motifs is 1. The van der Waals surface area contributed by atoms with Crippen molar-refractivity contribution in [2.75, 3.05) is 6.61 Å². The molecule has 0 spiro atoms. The van der Waals surface area contributed by atoms with Gasteiger partial charge in [-0.05, 0) is 0 Å². The first-order chi connectivity index (χ1) is 8.04. The zero-order valence-electron chi connectivity index (χ0n) is 9.12. The minimum atomic E-state index is -0.982. The zero-order chi connectivity index (χ0) is 12.6. The standard InChI is InChI=1S/C9H12N4O4/c1-12-7-6(8(16)11-9(12)17)13(4-10-7)2-5(15)3-14/h4-5,14-15H,2-3H2,1H3,(H,11,16,17)/t5-/m1/s1. The van der Waals surface area contributed by atoms with Crippen molar-refractivity contribution in [3.8, 4) is 0 Å². The summed E-state index contributed by atoms with van der Waals surface area (Å²) < 4.78 is 2.60. The van der Waals surface area contributed by atoms with Gasteiger partial charge in [-0.2, -0.15) is 0 Å². The van der Waals surface area contributed by atoms with Gasteiger partial charge in [-0.3, -0.25) is 14.3 Å².